The van der Waals surface area contributed by atoms with Crippen molar-refractivity contribution in [2.24, 2.45) is 11.8 Å². The molecule has 0 aliphatic carbocycles. The number of hydrogen-bond donors (Lipinski definition) is 1. The lowest BCUT2D eigenvalue weighted by molar-refractivity contribution is -0.127. The minimum absolute atomic E-state index is 0.185. The molecule has 5 heteroatoms. The average Bonchev–Trinajstić information content (AvgIpc) is 2.89. The van der Waals surface area contributed by atoms with E-state index >= 15 is 0 Å². The number of likely N-dealkylation sites (tertiary alicyclic amines) is 2. The lowest BCUT2D eigenvalue weighted by Gasteiger charge is -2.33. The molecule has 2 fully saturated rings. The number of carbonyl (C=O) groups is 1. The van der Waals surface area contributed by atoms with Crippen molar-refractivity contribution in [3.63, 3.8) is 0 Å². The van der Waals surface area contributed by atoms with Crippen LogP contribution in [0.2, 0.25) is 0 Å². The quantitative estimate of drug-likeness (QED) is 0.791. The summed E-state index contributed by atoms with van der Waals surface area (Å²) in [4.78, 5) is 17.9. The molecular formula is C17H33N3O2. The number of aliphatic hydroxyl groups excluding tert-OH is 1. The van der Waals surface area contributed by atoms with Crippen LogP contribution in [-0.4, -0.2) is 84.7 Å². The zero-order valence-corrected chi connectivity index (χ0v) is 14.5. The van der Waals surface area contributed by atoms with Gasteiger partial charge in [0.15, 0.2) is 0 Å². The smallest absolute Gasteiger partial charge is 0.219 e. The molecule has 22 heavy (non-hydrogen) atoms. The SMILES string of the molecule is CC(=O)N1CCC(CN(C)CC(O)CN2CCC(C)CC2)C1. The molecule has 0 aromatic heterocycles. The fourth-order valence-electron chi connectivity index (χ4n) is 3.74. The van der Waals surface area contributed by atoms with Crippen LogP contribution >= 0.6 is 0 Å². The number of β-amino-alcohol motifs (C(OH)–C–C–N with tert-alkyl or cyclic N) is 1. The van der Waals surface area contributed by atoms with Crippen LogP contribution in [0.15, 0.2) is 0 Å². The maximum absolute atomic E-state index is 11.4. The number of likely N-dealkylation sites (N-methyl/N-ethyl adjacent to an activating group) is 1. The Kier molecular flexibility index (Phi) is 6.66. The molecule has 2 atom stereocenters. The van der Waals surface area contributed by atoms with Crippen molar-refractivity contribution in [1.82, 2.24) is 14.7 Å². The van der Waals surface area contributed by atoms with Gasteiger partial charge in [-0.25, -0.2) is 0 Å². The van der Waals surface area contributed by atoms with E-state index in [-0.39, 0.29) is 12.0 Å². The van der Waals surface area contributed by atoms with Gasteiger partial charge in [-0.15, -0.1) is 0 Å². The molecule has 0 radical (unpaired) electrons. The summed E-state index contributed by atoms with van der Waals surface area (Å²) in [5, 5.41) is 10.3. The summed E-state index contributed by atoms with van der Waals surface area (Å²) in [6, 6.07) is 0. The fraction of sp³-hybridized carbons (Fsp3) is 0.941. The van der Waals surface area contributed by atoms with E-state index in [1.807, 2.05) is 4.90 Å². The van der Waals surface area contributed by atoms with E-state index in [1.54, 1.807) is 6.92 Å². The second kappa shape index (κ2) is 8.27. The number of hydrogen-bond acceptors (Lipinski definition) is 4. The minimum Gasteiger partial charge on any atom is -0.390 e. The lowest BCUT2D eigenvalue weighted by Crippen LogP contribution is -2.43. The number of rotatable bonds is 6. The highest BCUT2D eigenvalue weighted by Crippen LogP contribution is 2.18. The first-order chi connectivity index (χ1) is 10.4. The first kappa shape index (κ1) is 17.7. The zero-order chi connectivity index (χ0) is 16.1. The van der Waals surface area contributed by atoms with Gasteiger partial charge in [-0.05, 0) is 51.2 Å². The normalized spacial score (nSPS) is 25.9. The molecule has 2 aliphatic rings. The topological polar surface area (TPSA) is 47.0 Å². The molecule has 1 amide bonds. The molecule has 0 aromatic carbocycles. The Bertz CT molecular complexity index is 356. The summed E-state index contributed by atoms with van der Waals surface area (Å²) in [5.41, 5.74) is 0. The van der Waals surface area contributed by atoms with Crippen LogP contribution in [0.5, 0.6) is 0 Å². The number of amides is 1. The molecule has 128 valence electrons. The molecule has 0 saturated carbocycles. The van der Waals surface area contributed by atoms with Gasteiger partial charge in [0.2, 0.25) is 5.91 Å². The third kappa shape index (κ3) is 5.52. The maximum atomic E-state index is 11.4. The number of aliphatic hydroxyl groups is 1. The van der Waals surface area contributed by atoms with Crippen molar-refractivity contribution in [3.05, 3.63) is 0 Å². The molecule has 2 saturated heterocycles. The van der Waals surface area contributed by atoms with Crippen LogP contribution in [0.3, 0.4) is 0 Å². The van der Waals surface area contributed by atoms with E-state index in [0.717, 1.165) is 58.2 Å². The zero-order valence-electron chi connectivity index (χ0n) is 14.5. The molecule has 2 heterocycles. The first-order valence-corrected chi connectivity index (χ1v) is 8.78. The van der Waals surface area contributed by atoms with Crippen molar-refractivity contribution < 1.29 is 9.90 Å². The second-order valence-corrected chi connectivity index (χ2v) is 7.48. The van der Waals surface area contributed by atoms with E-state index in [9.17, 15) is 9.90 Å². The summed E-state index contributed by atoms with van der Waals surface area (Å²) in [6.45, 7) is 10.5. The maximum Gasteiger partial charge on any atom is 0.219 e. The second-order valence-electron chi connectivity index (χ2n) is 7.48. The average molecular weight is 311 g/mol. The van der Waals surface area contributed by atoms with Gasteiger partial charge in [0.25, 0.3) is 0 Å². The molecule has 0 bridgehead atoms. The molecule has 5 nitrogen and oxygen atoms in total. The Morgan fingerprint density at radius 3 is 2.55 bits per heavy atom. The third-order valence-corrected chi connectivity index (χ3v) is 5.17. The number of nitrogens with zero attached hydrogens (tertiary/aromatic N) is 3. The van der Waals surface area contributed by atoms with E-state index in [4.69, 9.17) is 0 Å². The predicted octanol–water partition coefficient (Wildman–Crippen LogP) is 0.879. The van der Waals surface area contributed by atoms with E-state index in [2.05, 4.69) is 23.8 Å². The van der Waals surface area contributed by atoms with Gasteiger partial charge in [-0.3, -0.25) is 4.79 Å². The largest absolute Gasteiger partial charge is 0.390 e. The van der Waals surface area contributed by atoms with Crippen molar-refractivity contribution in [2.45, 2.75) is 39.2 Å². The Balaban J connectivity index is 1.64. The van der Waals surface area contributed by atoms with Gasteiger partial charge < -0.3 is 19.8 Å². The van der Waals surface area contributed by atoms with Crippen LogP contribution in [0.25, 0.3) is 0 Å². The van der Waals surface area contributed by atoms with Crippen molar-refractivity contribution in [1.29, 1.82) is 0 Å². The van der Waals surface area contributed by atoms with Gasteiger partial charge in [0.1, 0.15) is 0 Å². The molecule has 1 N–H and O–H groups in total. The predicted molar refractivity (Wildman–Crippen MR) is 88.7 cm³/mol. The van der Waals surface area contributed by atoms with Crippen LogP contribution in [0, 0.1) is 11.8 Å². The molecule has 0 aromatic rings. The summed E-state index contributed by atoms with van der Waals surface area (Å²) < 4.78 is 0. The van der Waals surface area contributed by atoms with Crippen LogP contribution in [-0.2, 0) is 4.79 Å². The summed E-state index contributed by atoms with van der Waals surface area (Å²) in [5.74, 6) is 1.57. The Labute approximate surface area is 135 Å². The lowest BCUT2D eigenvalue weighted by atomic mass is 9.99. The van der Waals surface area contributed by atoms with E-state index in [0.29, 0.717) is 5.92 Å². The highest BCUT2D eigenvalue weighted by molar-refractivity contribution is 5.73. The van der Waals surface area contributed by atoms with Crippen LogP contribution in [0.1, 0.15) is 33.1 Å². The minimum atomic E-state index is -0.274. The van der Waals surface area contributed by atoms with Crippen molar-refractivity contribution in [3.8, 4) is 0 Å². The van der Waals surface area contributed by atoms with Gasteiger partial charge >= 0.3 is 0 Å². The summed E-state index contributed by atoms with van der Waals surface area (Å²) in [7, 11) is 2.08. The van der Waals surface area contributed by atoms with Gasteiger partial charge in [0, 0.05) is 39.6 Å². The molecular weight excluding hydrogens is 278 g/mol. The number of carbonyl (C=O) groups excluding carboxylic acids is 1. The summed E-state index contributed by atoms with van der Waals surface area (Å²) >= 11 is 0. The molecule has 2 aliphatic heterocycles. The van der Waals surface area contributed by atoms with Crippen LogP contribution < -0.4 is 0 Å². The highest BCUT2D eigenvalue weighted by Gasteiger charge is 2.26. The third-order valence-electron chi connectivity index (χ3n) is 5.17. The van der Waals surface area contributed by atoms with E-state index < -0.39 is 0 Å². The van der Waals surface area contributed by atoms with Crippen LogP contribution in [0.4, 0.5) is 0 Å². The standard InChI is InChI=1S/C17H33N3O2/c1-14-4-7-19(8-5-14)13-17(22)12-18(3)10-16-6-9-20(11-16)15(2)21/h14,16-17,22H,4-13H2,1-3H3. The molecule has 2 unspecified atom stereocenters. The van der Waals surface area contributed by atoms with Gasteiger partial charge in [-0.2, -0.15) is 0 Å². The fourth-order valence-corrected chi connectivity index (χ4v) is 3.74. The van der Waals surface area contributed by atoms with Crippen molar-refractivity contribution in [2.75, 3.05) is 52.9 Å². The van der Waals surface area contributed by atoms with Gasteiger partial charge in [0.05, 0.1) is 6.10 Å². The first-order valence-electron chi connectivity index (χ1n) is 8.78. The molecule has 2 rings (SSSR count). The van der Waals surface area contributed by atoms with Gasteiger partial charge in [-0.1, -0.05) is 6.92 Å². The number of piperidine rings is 1. The Morgan fingerprint density at radius 1 is 1.27 bits per heavy atom. The van der Waals surface area contributed by atoms with Crippen molar-refractivity contribution >= 4 is 5.91 Å². The monoisotopic (exact) mass is 311 g/mol. The Hall–Kier alpha value is -0.650. The summed E-state index contributed by atoms with van der Waals surface area (Å²) in [6.07, 6.45) is 3.32. The highest BCUT2D eigenvalue weighted by atomic mass is 16.3. The van der Waals surface area contributed by atoms with E-state index in [1.165, 1.54) is 12.8 Å². The Morgan fingerprint density at radius 2 is 1.95 bits per heavy atom. The molecule has 0 spiro atoms.